The van der Waals surface area contributed by atoms with E-state index in [2.05, 4.69) is 15.3 Å². The van der Waals surface area contributed by atoms with Crippen molar-refractivity contribution >= 4 is 6.09 Å². The van der Waals surface area contributed by atoms with Gasteiger partial charge in [0.1, 0.15) is 17.5 Å². The standard InChI is InChI=1S/C15H22N4O3/c1-14(2,3)22-13(20)19-8-15(9-19)12(18-4-5-21-15)11-6-16-10-17-7-11/h6-7,10,12,18H,4-5,8-9H2,1-3H3. The minimum Gasteiger partial charge on any atom is -0.444 e. The summed E-state index contributed by atoms with van der Waals surface area (Å²) < 4.78 is 11.4. The van der Waals surface area contributed by atoms with E-state index in [1.807, 2.05) is 20.8 Å². The molecule has 1 aromatic heterocycles. The fourth-order valence-electron chi connectivity index (χ4n) is 2.94. The number of rotatable bonds is 1. The smallest absolute Gasteiger partial charge is 0.410 e. The van der Waals surface area contributed by atoms with Crippen LogP contribution in [0.5, 0.6) is 0 Å². The molecule has 7 nitrogen and oxygen atoms in total. The number of carbonyl (C=O) groups is 1. The highest BCUT2D eigenvalue weighted by Gasteiger charge is 2.54. The van der Waals surface area contributed by atoms with E-state index in [4.69, 9.17) is 9.47 Å². The molecule has 1 unspecified atom stereocenters. The van der Waals surface area contributed by atoms with Gasteiger partial charge in [0, 0.05) is 24.5 Å². The minimum absolute atomic E-state index is 0.0128. The largest absolute Gasteiger partial charge is 0.444 e. The van der Waals surface area contributed by atoms with Crippen molar-refractivity contribution in [1.82, 2.24) is 20.2 Å². The number of amides is 1. The van der Waals surface area contributed by atoms with Crippen LogP contribution < -0.4 is 5.32 Å². The molecule has 0 aromatic carbocycles. The van der Waals surface area contributed by atoms with Crippen LogP contribution in [-0.4, -0.2) is 58.4 Å². The summed E-state index contributed by atoms with van der Waals surface area (Å²) in [7, 11) is 0. The van der Waals surface area contributed by atoms with Gasteiger partial charge in [0.25, 0.3) is 0 Å². The van der Waals surface area contributed by atoms with Crippen molar-refractivity contribution in [3.63, 3.8) is 0 Å². The van der Waals surface area contributed by atoms with Crippen molar-refractivity contribution < 1.29 is 14.3 Å². The van der Waals surface area contributed by atoms with Crippen LogP contribution in [0.3, 0.4) is 0 Å². The number of nitrogens with one attached hydrogen (secondary N) is 1. The molecule has 0 aliphatic carbocycles. The number of aromatic nitrogens is 2. The van der Waals surface area contributed by atoms with Gasteiger partial charge < -0.3 is 19.7 Å². The monoisotopic (exact) mass is 306 g/mol. The second-order valence-corrected chi connectivity index (χ2v) is 6.81. The van der Waals surface area contributed by atoms with E-state index < -0.39 is 11.2 Å². The number of hydrogen-bond acceptors (Lipinski definition) is 6. The van der Waals surface area contributed by atoms with Crippen LogP contribution in [0, 0.1) is 0 Å². The van der Waals surface area contributed by atoms with Crippen LogP contribution in [0.25, 0.3) is 0 Å². The molecule has 1 spiro atoms. The van der Waals surface area contributed by atoms with E-state index in [1.165, 1.54) is 6.33 Å². The predicted molar refractivity (Wildman–Crippen MR) is 79.3 cm³/mol. The Bertz CT molecular complexity index is 537. The number of carbonyl (C=O) groups excluding carboxylic acids is 1. The molecule has 2 aliphatic rings. The van der Waals surface area contributed by atoms with Crippen LogP contribution >= 0.6 is 0 Å². The van der Waals surface area contributed by atoms with Crippen molar-refractivity contribution in [2.24, 2.45) is 0 Å². The number of morpholine rings is 1. The second kappa shape index (κ2) is 5.48. The van der Waals surface area contributed by atoms with Crippen LogP contribution in [0.2, 0.25) is 0 Å². The van der Waals surface area contributed by atoms with Gasteiger partial charge in [-0.15, -0.1) is 0 Å². The average Bonchev–Trinajstić information content (AvgIpc) is 2.43. The molecule has 7 heteroatoms. The van der Waals surface area contributed by atoms with E-state index in [-0.39, 0.29) is 12.1 Å². The van der Waals surface area contributed by atoms with Gasteiger partial charge >= 0.3 is 6.09 Å². The van der Waals surface area contributed by atoms with Gasteiger partial charge in [-0.25, -0.2) is 14.8 Å². The average molecular weight is 306 g/mol. The molecule has 120 valence electrons. The lowest BCUT2D eigenvalue weighted by Crippen LogP contribution is -2.71. The van der Waals surface area contributed by atoms with Gasteiger partial charge in [-0.1, -0.05) is 0 Å². The maximum atomic E-state index is 12.1. The van der Waals surface area contributed by atoms with Crippen LogP contribution in [-0.2, 0) is 9.47 Å². The Kier molecular flexibility index (Phi) is 3.78. The van der Waals surface area contributed by atoms with Crippen LogP contribution in [0.4, 0.5) is 4.79 Å². The molecule has 22 heavy (non-hydrogen) atoms. The van der Waals surface area contributed by atoms with Gasteiger partial charge in [0.05, 0.1) is 25.7 Å². The Morgan fingerprint density at radius 3 is 2.73 bits per heavy atom. The lowest BCUT2D eigenvalue weighted by molar-refractivity contribution is -0.176. The third-order valence-electron chi connectivity index (χ3n) is 3.85. The summed E-state index contributed by atoms with van der Waals surface area (Å²) in [6.07, 6.45) is 4.79. The first-order chi connectivity index (χ1) is 10.4. The third kappa shape index (κ3) is 2.91. The zero-order valence-corrected chi connectivity index (χ0v) is 13.2. The van der Waals surface area contributed by atoms with Crippen molar-refractivity contribution in [2.45, 2.75) is 38.0 Å². The molecule has 2 saturated heterocycles. The van der Waals surface area contributed by atoms with E-state index in [0.717, 1.165) is 12.1 Å². The van der Waals surface area contributed by atoms with Gasteiger partial charge in [-0.2, -0.15) is 0 Å². The molecule has 2 fully saturated rings. The van der Waals surface area contributed by atoms with E-state index in [1.54, 1.807) is 17.3 Å². The zero-order chi connectivity index (χ0) is 15.8. The highest BCUT2D eigenvalue weighted by atomic mass is 16.6. The summed E-state index contributed by atoms with van der Waals surface area (Å²) in [5.41, 5.74) is 0.0731. The van der Waals surface area contributed by atoms with Crippen molar-refractivity contribution in [1.29, 1.82) is 0 Å². The first-order valence-electron chi connectivity index (χ1n) is 7.50. The molecule has 1 amide bonds. The van der Waals surface area contributed by atoms with Crippen LogP contribution in [0.15, 0.2) is 18.7 Å². The normalized spacial score (nSPS) is 24.0. The summed E-state index contributed by atoms with van der Waals surface area (Å²) >= 11 is 0. The Labute approximate surface area is 130 Å². The maximum Gasteiger partial charge on any atom is 0.410 e. The summed E-state index contributed by atoms with van der Waals surface area (Å²) in [6.45, 7) is 8.01. The summed E-state index contributed by atoms with van der Waals surface area (Å²) in [5, 5.41) is 3.45. The molecular weight excluding hydrogens is 284 g/mol. The fraction of sp³-hybridized carbons (Fsp3) is 0.667. The fourth-order valence-corrected chi connectivity index (χ4v) is 2.94. The number of likely N-dealkylation sites (tertiary alicyclic amines) is 1. The molecule has 3 heterocycles. The second-order valence-electron chi connectivity index (χ2n) is 6.81. The number of ether oxygens (including phenoxy) is 2. The molecule has 0 radical (unpaired) electrons. The number of nitrogens with zero attached hydrogens (tertiary/aromatic N) is 3. The number of hydrogen-bond donors (Lipinski definition) is 1. The van der Waals surface area contributed by atoms with Gasteiger partial charge in [-0.3, -0.25) is 0 Å². The molecule has 1 N–H and O–H groups in total. The molecule has 2 aliphatic heterocycles. The molecule has 1 aromatic rings. The molecule has 3 rings (SSSR count). The Hall–Kier alpha value is -1.73. The molecule has 0 saturated carbocycles. The zero-order valence-electron chi connectivity index (χ0n) is 13.2. The molecule has 0 bridgehead atoms. The highest BCUT2D eigenvalue weighted by molar-refractivity contribution is 5.70. The van der Waals surface area contributed by atoms with E-state index >= 15 is 0 Å². The minimum atomic E-state index is -0.488. The summed E-state index contributed by atoms with van der Waals surface area (Å²) in [5.74, 6) is 0. The van der Waals surface area contributed by atoms with Crippen molar-refractivity contribution in [3.05, 3.63) is 24.3 Å². The summed E-state index contributed by atoms with van der Waals surface area (Å²) in [6, 6.07) is -0.0128. The quantitative estimate of drug-likeness (QED) is 0.838. The van der Waals surface area contributed by atoms with Gasteiger partial charge in [-0.05, 0) is 20.8 Å². The first kappa shape index (κ1) is 15.2. The van der Waals surface area contributed by atoms with E-state index in [0.29, 0.717) is 19.7 Å². The van der Waals surface area contributed by atoms with Crippen molar-refractivity contribution in [2.75, 3.05) is 26.2 Å². The third-order valence-corrected chi connectivity index (χ3v) is 3.85. The lowest BCUT2D eigenvalue weighted by Gasteiger charge is -2.55. The molecule has 1 atom stereocenters. The lowest BCUT2D eigenvalue weighted by atomic mass is 9.81. The van der Waals surface area contributed by atoms with Gasteiger partial charge in [0.15, 0.2) is 0 Å². The summed E-state index contributed by atoms with van der Waals surface area (Å²) in [4.78, 5) is 21.9. The topological polar surface area (TPSA) is 76.6 Å². The Morgan fingerprint density at radius 1 is 1.41 bits per heavy atom. The SMILES string of the molecule is CC(C)(C)OC(=O)N1CC2(C1)OCCNC2c1cncnc1. The first-order valence-corrected chi connectivity index (χ1v) is 7.50. The van der Waals surface area contributed by atoms with E-state index in [9.17, 15) is 4.79 Å². The highest BCUT2D eigenvalue weighted by Crippen LogP contribution is 2.39. The maximum absolute atomic E-state index is 12.1. The Balaban J connectivity index is 1.70. The van der Waals surface area contributed by atoms with Crippen molar-refractivity contribution in [3.8, 4) is 0 Å². The Morgan fingerprint density at radius 2 is 2.09 bits per heavy atom. The predicted octanol–water partition coefficient (Wildman–Crippen LogP) is 1.13. The van der Waals surface area contributed by atoms with Crippen LogP contribution in [0.1, 0.15) is 32.4 Å². The molecular formula is C15H22N4O3. The van der Waals surface area contributed by atoms with Gasteiger partial charge in [0.2, 0.25) is 0 Å².